The van der Waals surface area contributed by atoms with Crippen LogP contribution in [0.15, 0.2) is 24.5 Å². The molecule has 1 saturated heterocycles. The van der Waals surface area contributed by atoms with Crippen LogP contribution in [0, 0.1) is 0 Å². The van der Waals surface area contributed by atoms with E-state index in [9.17, 15) is 0 Å². The summed E-state index contributed by atoms with van der Waals surface area (Å²) in [6, 6.07) is 4.72. The number of nitrogens with zero attached hydrogens (tertiary/aromatic N) is 4. The number of nitrogens with one attached hydrogen (secondary N) is 1. The van der Waals surface area contributed by atoms with E-state index in [0.29, 0.717) is 11.2 Å². The lowest BCUT2D eigenvalue weighted by Gasteiger charge is -2.37. The van der Waals surface area contributed by atoms with Gasteiger partial charge in [0.25, 0.3) is 0 Å². The maximum Gasteiger partial charge on any atom is 0.151 e. The van der Waals surface area contributed by atoms with Crippen molar-refractivity contribution in [1.29, 1.82) is 0 Å². The Kier molecular flexibility index (Phi) is 7.06. The van der Waals surface area contributed by atoms with Crippen LogP contribution >= 0.6 is 11.6 Å². The van der Waals surface area contributed by atoms with Gasteiger partial charge in [0.05, 0.1) is 5.69 Å². The minimum Gasteiger partial charge on any atom is -0.344 e. The second kappa shape index (κ2) is 9.49. The van der Waals surface area contributed by atoms with Gasteiger partial charge in [0.15, 0.2) is 5.15 Å². The molecule has 3 heterocycles. The van der Waals surface area contributed by atoms with Crippen LogP contribution in [-0.4, -0.2) is 50.9 Å². The summed E-state index contributed by atoms with van der Waals surface area (Å²) in [5.41, 5.74) is 2.29. The number of hydrogen-bond donors (Lipinski definition) is 1. The Hall–Kier alpha value is -1.43. The van der Waals surface area contributed by atoms with E-state index >= 15 is 0 Å². The molecule has 3 rings (SSSR count). The lowest BCUT2D eigenvalue weighted by atomic mass is 10.0. The second-order valence-electron chi connectivity index (χ2n) is 7.36. The monoisotopic (exact) mass is 375 g/mol. The standard InChI is InChI=1S/C20H30ClN5/c1-3-4-7-19-23-18(20(21)24-19)15-26(14-16-6-5-10-22-13-16)17-8-11-25(2)12-9-17/h5-6,10,13,17H,3-4,7-9,11-12,14-15H2,1-2H3,(H,23,24). The SMILES string of the molecule is CCCCc1nc(Cl)c(CN(Cc2cccnc2)C2CCN(C)CC2)[nH]1. The highest BCUT2D eigenvalue weighted by Gasteiger charge is 2.25. The smallest absolute Gasteiger partial charge is 0.151 e. The lowest BCUT2D eigenvalue weighted by Crippen LogP contribution is -2.43. The summed E-state index contributed by atoms with van der Waals surface area (Å²) in [4.78, 5) is 17.2. The Morgan fingerprint density at radius 1 is 1.31 bits per heavy atom. The molecule has 5 nitrogen and oxygen atoms in total. The van der Waals surface area contributed by atoms with Gasteiger partial charge >= 0.3 is 0 Å². The Morgan fingerprint density at radius 3 is 2.81 bits per heavy atom. The number of H-pyrrole nitrogens is 1. The van der Waals surface area contributed by atoms with Crippen LogP contribution in [0.25, 0.3) is 0 Å². The van der Waals surface area contributed by atoms with Gasteiger partial charge in [-0.1, -0.05) is 31.0 Å². The fraction of sp³-hybridized carbons (Fsp3) is 0.600. The summed E-state index contributed by atoms with van der Waals surface area (Å²) in [5, 5.41) is 0.625. The first-order valence-electron chi connectivity index (χ1n) is 9.70. The van der Waals surface area contributed by atoms with E-state index in [1.165, 1.54) is 18.4 Å². The number of imidazole rings is 1. The van der Waals surface area contributed by atoms with Crippen molar-refractivity contribution in [3.63, 3.8) is 0 Å². The number of unbranched alkanes of at least 4 members (excludes halogenated alkanes) is 1. The van der Waals surface area contributed by atoms with Gasteiger partial charge in [-0.25, -0.2) is 4.98 Å². The highest BCUT2D eigenvalue weighted by Crippen LogP contribution is 2.23. The highest BCUT2D eigenvalue weighted by atomic mass is 35.5. The molecule has 6 heteroatoms. The first-order valence-corrected chi connectivity index (χ1v) is 10.1. The van der Waals surface area contributed by atoms with E-state index in [0.717, 1.165) is 57.0 Å². The Bertz CT molecular complexity index is 664. The third kappa shape index (κ3) is 5.29. The van der Waals surface area contributed by atoms with Crippen molar-refractivity contribution in [2.24, 2.45) is 0 Å². The summed E-state index contributed by atoms with van der Waals surface area (Å²) >= 11 is 6.44. The van der Waals surface area contributed by atoms with Crippen LogP contribution in [0.5, 0.6) is 0 Å². The fourth-order valence-electron chi connectivity index (χ4n) is 3.61. The van der Waals surface area contributed by atoms with Crippen molar-refractivity contribution in [3.05, 3.63) is 46.8 Å². The van der Waals surface area contributed by atoms with Gasteiger partial charge in [0.1, 0.15) is 5.82 Å². The molecule has 1 aliphatic rings. The fourth-order valence-corrected chi connectivity index (χ4v) is 3.82. The molecule has 142 valence electrons. The van der Waals surface area contributed by atoms with Crippen molar-refractivity contribution >= 4 is 11.6 Å². The van der Waals surface area contributed by atoms with Crippen molar-refractivity contribution in [2.45, 2.75) is 58.2 Å². The Balaban J connectivity index is 1.73. The average Bonchev–Trinajstić information content (AvgIpc) is 3.00. The number of halogens is 1. The molecule has 1 N–H and O–H groups in total. The van der Waals surface area contributed by atoms with Crippen LogP contribution < -0.4 is 0 Å². The van der Waals surface area contributed by atoms with Crippen LogP contribution in [-0.2, 0) is 19.5 Å². The van der Waals surface area contributed by atoms with Crippen molar-refractivity contribution in [1.82, 2.24) is 24.8 Å². The number of likely N-dealkylation sites (tertiary alicyclic amines) is 1. The molecule has 0 aliphatic carbocycles. The number of hydrogen-bond acceptors (Lipinski definition) is 4. The first-order chi connectivity index (χ1) is 12.7. The van der Waals surface area contributed by atoms with E-state index in [4.69, 9.17) is 11.6 Å². The van der Waals surface area contributed by atoms with Gasteiger partial charge in [0.2, 0.25) is 0 Å². The number of pyridine rings is 1. The van der Waals surface area contributed by atoms with Gasteiger partial charge in [-0.15, -0.1) is 0 Å². The number of aromatic amines is 1. The van der Waals surface area contributed by atoms with Gasteiger partial charge in [-0.3, -0.25) is 9.88 Å². The zero-order valence-corrected chi connectivity index (χ0v) is 16.7. The van der Waals surface area contributed by atoms with Crippen LogP contribution in [0.4, 0.5) is 0 Å². The molecule has 0 aromatic carbocycles. The third-order valence-electron chi connectivity index (χ3n) is 5.22. The molecule has 0 spiro atoms. The van der Waals surface area contributed by atoms with Crippen LogP contribution in [0.3, 0.4) is 0 Å². The molecule has 0 radical (unpaired) electrons. The maximum absolute atomic E-state index is 6.44. The van der Waals surface area contributed by atoms with Crippen molar-refractivity contribution < 1.29 is 0 Å². The number of piperidine rings is 1. The van der Waals surface area contributed by atoms with E-state index in [1.54, 1.807) is 0 Å². The molecule has 2 aromatic heterocycles. The van der Waals surface area contributed by atoms with E-state index < -0.39 is 0 Å². The number of aromatic nitrogens is 3. The van der Waals surface area contributed by atoms with E-state index in [-0.39, 0.29) is 0 Å². The van der Waals surface area contributed by atoms with Gasteiger partial charge < -0.3 is 9.88 Å². The normalized spacial score (nSPS) is 16.5. The molecule has 0 amide bonds. The summed E-state index contributed by atoms with van der Waals surface area (Å²) in [6.45, 7) is 6.18. The predicted octanol–water partition coefficient (Wildman–Crippen LogP) is 3.90. The van der Waals surface area contributed by atoms with Gasteiger partial charge in [-0.05, 0) is 51.0 Å². The minimum absolute atomic E-state index is 0.560. The van der Waals surface area contributed by atoms with E-state index in [1.807, 2.05) is 18.5 Å². The molecule has 2 aromatic rings. The largest absolute Gasteiger partial charge is 0.344 e. The summed E-state index contributed by atoms with van der Waals surface area (Å²) in [6.07, 6.45) is 9.43. The Labute approximate surface area is 161 Å². The molecule has 0 atom stereocenters. The molecule has 1 aliphatic heterocycles. The average molecular weight is 376 g/mol. The molecule has 0 saturated carbocycles. The minimum atomic E-state index is 0.560. The summed E-state index contributed by atoms with van der Waals surface area (Å²) in [5.74, 6) is 1.01. The highest BCUT2D eigenvalue weighted by molar-refractivity contribution is 6.30. The molecule has 1 fully saturated rings. The molecule has 0 unspecified atom stereocenters. The Morgan fingerprint density at radius 2 is 2.12 bits per heavy atom. The molecule has 26 heavy (non-hydrogen) atoms. The van der Waals surface area contributed by atoms with E-state index in [2.05, 4.69) is 44.8 Å². The number of aryl methyl sites for hydroxylation is 1. The zero-order valence-electron chi connectivity index (χ0n) is 15.9. The molecular formula is C20H30ClN5. The second-order valence-corrected chi connectivity index (χ2v) is 7.72. The van der Waals surface area contributed by atoms with Crippen LogP contribution in [0.1, 0.15) is 49.7 Å². The summed E-state index contributed by atoms with van der Waals surface area (Å²) < 4.78 is 0. The quantitative estimate of drug-likeness (QED) is 0.760. The van der Waals surface area contributed by atoms with Crippen LogP contribution in [0.2, 0.25) is 5.15 Å². The van der Waals surface area contributed by atoms with Gasteiger partial charge in [0, 0.05) is 37.9 Å². The first kappa shape index (κ1) is 19.3. The van der Waals surface area contributed by atoms with Gasteiger partial charge in [-0.2, -0.15) is 0 Å². The zero-order chi connectivity index (χ0) is 18.4. The molecule has 0 bridgehead atoms. The topological polar surface area (TPSA) is 48.1 Å². The summed E-state index contributed by atoms with van der Waals surface area (Å²) in [7, 11) is 2.20. The predicted molar refractivity (Wildman–Crippen MR) is 106 cm³/mol. The lowest BCUT2D eigenvalue weighted by molar-refractivity contribution is 0.107. The van der Waals surface area contributed by atoms with Crippen molar-refractivity contribution in [3.8, 4) is 0 Å². The molecular weight excluding hydrogens is 346 g/mol. The maximum atomic E-state index is 6.44. The third-order valence-corrected chi connectivity index (χ3v) is 5.53. The van der Waals surface area contributed by atoms with Crippen molar-refractivity contribution in [2.75, 3.05) is 20.1 Å². The number of rotatable bonds is 8.